The first-order valence-corrected chi connectivity index (χ1v) is 6.59. The summed E-state index contributed by atoms with van der Waals surface area (Å²) in [6.07, 6.45) is 5.41. The predicted octanol–water partition coefficient (Wildman–Crippen LogP) is 2.20. The topological polar surface area (TPSA) is 52.6 Å². The van der Waals surface area contributed by atoms with Crippen LogP contribution in [0.15, 0.2) is 0 Å². The highest BCUT2D eigenvalue weighted by Crippen LogP contribution is 2.69. The minimum absolute atomic E-state index is 0.121. The third-order valence-corrected chi connectivity index (χ3v) is 5.09. The molecule has 4 rings (SSSR count). The highest BCUT2D eigenvalue weighted by Gasteiger charge is 2.68. The van der Waals surface area contributed by atoms with Gasteiger partial charge in [-0.25, -0.2) is 0 Å². The van der Waals surface area contributed by atoms with Gasteiger partial charge in [0.2, 0.25) is 0 Å². The molecule has 0 radical (unpaired) electrons. The standard InChI is InChI=1S/C14H20O4/c1-11-3-12(2)6-13(4-11,17-9-15)8-14(5-11,7-12)18-10-16/h9-10H,3-8H2,1-2H3. The second kappa shape index (κ2) is 3.28. The van der Waals surface area contributed by atoms with E-state index in [1.807, 2.05) is 0 Å². The van der Waals surface area contributed by atoms with Crippen molar-refractivity contribution >= 4 is 12.9 Å². The minimum Gasteiger partial charge on any atom is -0.461 e. The molecule has 4 heteroatoms. The lowest BCUT2D eigenvalue weighted by Crippen LogP contribution is -2.66. The zero-order valence-electron chi connectivity index (χ0n) is 11.0. The molecule has 4 aliphatic carbocycles. The molecule has 0 atom stereocenters. The van der Waals surface area contributed by atoms with E-state index in [-0.39, 0.29) is 10.8 Å². The fourth-order valence-corrected chi connectivity index (χ4v) is 5.93. The van der Waals surface area contributed by atoms with Crippen molar-refractivity contribution in [3.63, 3.8) is 0 Å². The van der Waals surface area contributed by atoms with Gasteiger partial charge in [-0.1, -0.05) is 13.8 Å². The van der Waals surface area contributed by atoms with Crippen LogP contribution in [-0.4, -0.2) is 24.1 Å². The molecule has 4 saturated carbocycles. The molecule has 0 saturated heterocycles. The number of carbonyl (C=O) groups excluding carboxylic acids is 2. The van der Waals surface area contributed by atoms with Crippen LogP contribution >= 0.6 is 0 Å². The molecule has 4 aliphatic rings. The molecule has 0 unspecified atom stereocenters. The Kier molecular flexibility index (Phi) is 2.19. The van der Waals surface area contributed by atoms with E-state index in [1.54, 1.807) is 0 Å². The maximum absolute atomic E-state index is 10.8. The summed E-state index contributed by atoms with van der Waals surface area (Å²) in [4.78, 5) is 21.7. The number of ether oxygens (including phenoxy) is 2. The summed E-state index contributed by atoms with van der Waals surface area (Å²) < 4.78 is 10.9. The van der Waals surface area contributed by atoms with E-state index < -0.39 is 11.2 Å². The van der Waals surface area contributed by atoms with Crippen LogP contribution in [-0.2, 0) is 19.1 Å². The normalized spacial score (nSPS) is 53.0. The van der Waals surface area contributed by atoms with Crippen molar-refractivity contribution in [2.24, 2.45) is 10.8 Å². The number of hydrogen-bond donors (Lipinski definition) is 0. The Morgan fingerprint density at radius 3 is 1.44 bits per heavy atom. The smallest absolute Gasteiger partial charge is 0.293 e. The second-order valence-electron chi connectivity index (χ2n) is 7.48. The van der Waals surface area contributed by atoms with E-state index >= 15 is 0 Å². The van der Waals surface area contributed by atoms with Gasteiger partial charge in [0.15, 0.2) is 0 Å². The first kappa shape index (κ1) is 12.0. The van der Waals surface area contributed by atoms with Gasteiger partial charge in [-0.15, -0.1) is 0 Å². The summed E-state index contributed by atoms with van der Waals surface area (Å²) in [6.45, 7) is 5.59. The molecule has 0 aliphatic heterocycles. The van der Waals surface area contributed by atoms with E-state index in [4.69, 9.17) is 9.47 Å². The molecule has 0 spiro atoms. The van der Waals surface area contributed by atoms with Gasteiger partial charge >= 0.3 is 0 Å². The zero-order valence-corrected chi connectivity index (χ0v) is 11.0. The molecule has 0 amide bonds. The average Bonchev–Trinajstić information content (AvgIpc) is 2.09. The first-order valence-electron chi connectivity index (χ1n) is 6.59. The van der Waals surface area contributed by atoms with Gasteiger partial charge in [0.1, 0.15) is 11.2 Å². The van der Waals surface area contributed by atoms with E-state index in [1.165, 1.54) is 0 Å². The van der Waals surface area contributed by atoms with Crippen molar-refractivity contribution in [1.29, 1.82) is 0 Å². The van der Waals surface area contributed by atoms with E-state index in [2.05, 4.69) is 13.8 Å². The number of hydrogen-bond acceptors (Lipinski definition) is 4. The lowest BCUT2D eigenvalue weighted by Gasteiger charge is -2.67. The van der Waals surface area contributed by atoms with Crippen LogP contribution in [0.1, 0.15) is 52.4 Å². The largest absolute Gasteiger partial charge is 0.461 e. The van der Waals surface area contributed by atoms with Gasteiger partial charge in [-0.2, -0.15) is 0 Å². The van der Waals surface area contributed by atoms with Crippen LogP contribution in [0.5, 0.6) is 0 Å². The Balaban J connectivity index is 2.02. The van der Waals surface area contributed by atoms with Crippen molar-refractivity contribution in [2.45, 2.75) is 63.6 Å². The molecule has 4 nitrogen and oxygen atoms in total. The van der Waals surface area contributed by atoms with Crippen LogP contribution in [0.4, 0.5) is 0 Å². The quantitative estimate of drug-likeness (QED) is 0.720. The highest BCUT2D eigenvalue weighted by molar-refractivity contribution is 5.42. The van der Waals surface area contributed by atoms with Crippen molar-refractivity contribution in [3.8, 4) is 0 Å². The summed E-state index contributed by atoms with van der Waals surface area (Å²) in [7, 11) is 0. The lowest BCUT2D eigenvalue weighted by atomic mass is 9.42. The average molecular weight is 252 g/mol. The Hall–Kier alpha value is -1.06. The summed E-state index contributed by atoms with van der Waals surface area (Å²) in [6, 6.07) is 0. The first-order chi connectivity index (χ1) is 8.36. The number of carbonyl (C=O) groups is 2. The molecule has 4 bridgehead atoms. The minimum atomic E-state index is -0.414. The van der Waals surface area contributed by atoms with Gasteiger partial charge in [-0.3, -0.25) is 9.59 Å². The van der Waals surface area contributed by atoms with Gasteiger partial charge in [0.05, 0.1) is 0 Å². The molecule has 0 aromatic carbocycles. The SMILES string of the molecule is CC12CC3(C)CC(OC=O)(C1)CC(OC=O)(C2)C3. The van der Waals surface area contributed by atoms with Crippen LogP contribution in [0.2, 0.25) is 0 Å². The molecule has 0 aromatic heterocycles. The van der Waals surface area contributed by atoms with Gasteiger partial charge in [0, 0.05) is 6.42 Å². The van der Waals surface area contributed by atoms with Gasteiger partial charge in [0.25, 0.3) is 12.9 Å². The predicted molar refractivity (Wildman–Crippen MR) is 63.7 cm³/mol. The van der Waals surface area contributed by atoms with Crippen molar-refractivity contribution < 1.29 is 19.1 Å². The fourth-order valence-electron chi connectivity index (χ4n) is 5.93. The highest BCUT2D eigenvalue weighted by atomic mass is 16.6. The number of rotatable bonds is 4. The summed E-state index contributed by atoms with van der Waals surface area (Å²) in [5, 5.41) is 0. The lowest BCUT2D eigenvalue weighted by molar-refractivity contribution is -0.258. The van der Waals surface area contributed by atoms with Crippen LogP contribution in [0.25, 0.3) is 0 Å². The van der Waals surface area contributed by atoms with E-state index in [9.17, 15) is 9.59 Å². The van der Waals surface area contributed by atoms with E-state index in [0.717, 1.165) is 32.1 Å². The molecule has 4 fully saturated rings. The maximum atomic E-state index is 10.8. The zero-order chi connectivity index (χ0) is 13.1. The van der Waals surface area contributed by atoms with Gasteiger partial charge < -0.3 is 9.47 Å². The van der Waals surface area contributed by atoms with Crippen molar-refractivity contribution in [3.05, 3.63) is 0 Å². The second-order valence-corrected chi connectivity index (χ2v) is 7.48. The molecular formula is C14H20O4. The molecule has 100 valence electrons. The Labute approximate surface area is 107 Å². The molecular weight excluding hydrogens is 232 g/mol. The van der Waals surface area contributed by atoms with Gasteiger partial charge in [-0.05, 0) is 42.9 Å². The Morgan fingerprint density at radius 1 is 0.722 bits per heavy atom. The molecule has 18 heavy (non-hydrogen) atoms. The molecule has 0 heterocycles. The fraction of sp³-hybridized carbons (Fsp3) is 0.857. The maximum Gasteiger partial charge on any atom is 0.293 e. The molecule has 0 N–H and O–H groups in total. The summed E-state index contributed by atoms with van der Waals surface area (Å²) >= 11 is 0. The van der Waals surface area contributed by atoms with E-state index in [0.29, 0.717) is 19.4 Å². The Bertz CT molecular complexity index is 353. The Morgan fingerprint density at radius 2 is 1.11 bits per heavy atom. The summed E-state index contributed by atoms with van der Waals surface area (Å²) in [5.41, 5.74) is -0.586. The third-order valence-electron chi connectivity index (χ3n) is 5.09. The third kappa shape index (κ3) is 1.57. The van der Waals surface area contributed by atoms with Crippen LogP contribution in [0, 0.1) is 10.8 Å². The molecule has 0 aromatic rings. The summed E-state index contributed by atoms with van der Waals surface area (Å²) in [5.74, 6) is 0. The van der Waals surface area contributed by atoms with Crippen LogP contribution < -0.4 is 0 Å². The monoisotopic (exact) mass is 252 g/mol. The van der Waals surface area contributed by atoms with Crippen LogP contribution in [0.3, 0.4) is 0 Å². The van der Waals surface area contributed by atoms with Crippen molar-refractivity contribution in [1.82, 2.24) is 0 Å². The van der Waals surface area contributed by atoms with Crippen molar-refractivity contribution in [2.75, 3.05) is 0 Å².